The molecule has 10 heteroatoms. The van der Waals surface area contributed by atoms with Gasteiger partial charge in [0, 0.05) is 13.7 Å². The molecular formula is C21H22FN5O4. The first-order valence-electron chi connectivity index (χ1n) is 10.2. The van der Waals surface area contributed by atoms with Crippen LogP contribution in [0.1, 0.15) is 31.6 Å². The summed E-state index contributed by atoms with van der Waals surface area (Å²) >= 11 is 0. The van der Waals surface area contributed by atoms with Crippen molar-refractivity contribution in [3.8, 4) is 11.5 Å². The Morgan fingerprint density at radius 2 is 2.23 bits per heavy atom. The van der Waals surface area contributed by atoms with Crippen LogP contribution in [0.5, 0.6) is 0 Å². The summed E-state index contributed by atoms with van der Waals surface area (Å²) in [5, 5.41) is 4.03. The van der Waals surface area contributed by atoms with Crippen LogP contribution >= 0.6 is 0 Å². The first-order valence-corrected chi connectivity index (χ1v) is 10.2. The van der Waals surface area contributed by atoms with Gasteiger partial charge >= 0.3 is 0 Å². The number of rotatable bonds is 6. The number of methoxy groups -OCH3 is 1. The highest BCUT2D eigenvalue weighted by atomic mass is 19.1. The van der Waals surface area contributed by atoms with Crippen LogP contribution in [0.15, 0.2) is 33.8 Å². The summed E-state index contributed by atoms with van der Waals surface area (Å²) < 4.78 is 33.5. The van der Waals surface area contributed by atoms with E-state index in [-0.39, 0.29) is 23.4 Å². The van der Waals surface area contributed by atoms with Crippen molar-refractivity contribution in [3.63, 3.8) is 0 Å². The van der Waals surface area contributed by atoms with Gasteiger partial charge in [0.2, 0.25) is 11.7 Å². The van der Waals surface area contributed by atoms with Crippen molar-refractivity contribution < 1.29 is 18.4 Å². The zero-order chi connectivity index (χ0) is 21.5. The first kappa shape index (κ1) is 19.8. The third-order valence-corrected chi connectivity index (χ3v) is 5.61. The number of hydrogen-bond donors (Lipinski definition) is 0. The Balaban J connectivity index is 1.70. The molecule has 9 nitrogen and oxygen atoms in total. The molecule has 31 heavy (non-hydrogen) atoms. The highest BCUT2D eigenvalue weighted by Crippen LogP contribution is 2.25. The fourth-order valence-electron chi connectivity index (χ4n) is 4.08. The van der Waals surface area contributed by atoms with Gasteiger partial charge < -0.3 is 18.6 Å². The number of ether oxygens (including phenoxy) is 2. The topological polar surface area (TPSA) is 96.7 Å². The molecule has 0 saturated carbocycles. The van der Waals surface area contributed by atoms with Gasteiger partial charge in [-0.05, 0) is 31.0 Å². The van der Waals surface area contributed by atoms with Crippen molar-refractivity contribution in [3.05, 3.63) is 46.6 Å². The van der Waals surface area contributed by atoms with Crippen molar-refractivity contribution >= 4 is 16.6 Å². The van der Waals surface area contributed by atoms with E-state index in [0.29, 0.717) is 47.9 Å². The van der Waals surface area contributed by atoms with Crippen LogP contribution in [0.4, 0.5) is 4.39 Å². The highest BCUT2D eigenvalue weighted by Gasteiger charge is 2.24. The van der Waals surface area contributed by atoms with Gasteiger partial charge in [0.1, 0.15) is 23.4 Å². The molecule has 1 aliphatic heterocycles. The molecule has 0 bridgehead atoms. The summed E-state index contributed by atoms with van der Waals surface area (Å²) in [4.78, 5) is 22.4. The maximum absolute atomic E-state index is 14.1. The summed E-state index contributed by atoms with van der Waals surface area (Å²) in [5.41, 5.74) is 1.46. The van der Waals surface area contributed by atoms with E-state index in [1.807, 2.05) is 6.92 Å². The van der Waals surface area contributed by atoms with Crippen molar-refractivity contribution in [1.29, 1.82) is 0 Å². The van der Waals surface area contributed by atoms with E-state index in [1.165, 1.54) is 18.5 Å². The number of benzene rings is 1. The summed E-state index contributed by atoms with van der Waals surface area (Å²) in [6.45, 7) is 3.33. The van der Waals surface area contributed by atoms with Crippen LogP contribution in [0, 0.1) is 5.82 Å². The zero-order valence-electron chi connectivity index (χ0n) is 17.2. The van der Waals surface area contributed by atoms with Crippen LogP contribution in [0.25, 0.3) is 28.1 Å². The number of imidazole rings is 1. The van der Waals surface area contributed by atoms with Crippen molar-refractivity contribution in [1.82, 2.24) is 24.1 Å². The lowest BCUT2D eigenvalue weighted by molar-refractivity contribution is 0.0973. The molecule has 4 aromatic rings. The number of nitrogens with zero attached hydrogens (tertiary/aromatic N) is 5. The summed E-state index contributed by atoms with van der Waals surface area (Å²) in [5.74, 6) is 0.117. The molecule has 0 aliphatic carbocycles. The lowest BCUT2D eigenvalue weighted by Gasteiger charge is -2.16. The Morgan fingerprint density at radius 1 is 1.35 bits per heavy atom. The Kier molecular flexibility index (Phi) is 5.03. The molecule has 4 heterocycles. The van der Waals surface area contributed by atoms with Gasteiger partial charge in [-0.2, -0.15) is 4.98 Å². The van der Waals surface area contributed by atoms with Gasteiger partial charge in [-0.15, -0.1) is 0 Å². The predicted molar refractivity (Wildman–Crippen MR) is 109 cm³/mol. The summed E-state index contributed by atoms with van der Waals surface area (Å²) in [7, 11) is 1.60. The monoisotopic (exact) mass is 427 g/mol. The minimum absolute atomic E-state index is 0.0929. The van der Waals surface area contributed by atoms with Crippen molar-refractivity contribution in [2.75, 3.05) is 20.3 Å². The molecule has 2 unspecified atom stereocenters. The van der Waals surface area contributed by atoms with Crippen LogP contribution in [0.2, 0.25) is 0 Å². The molecule has 0 spiro atoms. The number of fused-ring (bicyclic) bond motifs is 3. The van der Waals surface area contributed by atoms with Gasteiger partial charge in [0.15, 0.2) is 0 Å². The van der Waals surface area contributed by atoms with E-state index in [9.17, 15) is 9.18 Å². The minimum atomic E-state index is -0.414. The second-order valence-corrected chi connectivity index (χ2v) is 7.81. The standard InChI is InChI=1S/C21H22FN5O4/c1-12(10-29-2)20-24-19(25-31-20)17-18-21(28)26(9-14-4-3-7-30-14)16-8-13(22)5-6-15(16)27(18)11-23-17/h5-6,8,11-12,14H,3-4,7,9-10H2,1-2H3. The molecule has 162 valence electrons. The molecule has 0 radical (unpaired) electrons. The summed E-state index contributed by atoms with van der Waals surface area (Å²) in [6.07, 6.45) is 3.23. The number of aromatic nitrogens is 5. The van der Waals surface area contributed by atoms with Gasteiger partial charge in [-0.1, -0.05) is 12.1 Å². The van der Waals surface area contributed by atoms with Gasteiger partial charge in [0.05, 0.1) is 36.2 Å². The quantitative estimate of drug-likeness (QED) is 0.467. The van der Waals surface area contributed by atoms with E-state index >= 15 is 0 Å². The molecule has 5 rings (SSSR count). The van der Waals surface area contributed by atoms with E-state index < -0.39 is 5.82 Å². The van der Waals surface area contributed by atoms with Crippen LogP contribution in [-0.4, -0.2) is 50.5 Å². The third kappa shape index (κ3) is 3.41. The minimum Gasteiger partial charge on any atom is -0.384 e. The average molecular weight is 427 g/mol. The average Bonchev–Trinajstić information content (AvgIpc) is 3.51. The maximum Gasteiger partial charge on any atom is 0.277 e. The Labute approximate surface area is 176 Å². The van der Waals surface area contributed by atoms with Gasteiger partial charge in [-0.25, -0.2) is 9.37 Å². The lowest BCUT2D eigenvalue weighted by Crippen LogP contribution is -2.28. The van der Waals surface area contributed by atoms with E-state index in [4.69, 9.17) is 14.0 Å². The van der Waals surface area contributed by atoms with Crippen molar-refractivity contribution in [2.24, 2.45) is 0 Å². The molecule has 1 aliphatic rings. The van der Waals surface area contributed by atoms with E-state index in [2.05, 4.69) is 15.1 Å². The predicted octanol–water partition coefficient (Wildman–Crippen LogP) is 2.77. The molecule has 1 fully saturated rings. The second kappa shape index (κ2) is 7.86. The number of halogens is 1. The third-order valence-electron chi connectivity index (χ3n) is 5.61. The summed E-state index contributed by atoms with van der Waals surface area (Å²) in [6, 6.07) is 4.36. The fraction of sp³-hybridized carbons (Fsp3) is 0.429. The SMILES string of the molecule is COCC(C)c1nc(-c2ncn3c2c(=O)n(CC2CCCO2)c2cc(F)ccc23)no1. The Morgan fingerprint density at radius 3 is 3.00 bits per heavy atom. The van der Waals surface area contributed by atoms with E-state index in [1.54, 1.807) is 22.1 Å². The molecule has 1 saturated heterocycles. The molecular weight excluding hydrogens is 405 g/mol. The maximum atomic E-state index is 14.1. The zero-order valence-corrected chi connectivity index (χ0v) is 17.2. The molecule has 0 N–H and O–H groups in total. The second-order valence-electron chi connectivity index (χ2n) is 7.81. The first-order chi connectivity index (χ1) is 15.1. The van der Waals surface area contributed by atoms with Gasteiger partial charge in [-0.3, -0.25) is 9.20 Å². The molecule has 0 amide bonds. The smallest absolute Gasteiger partial charge is 0.277 e. The van der Waals surface area contributed by atoms with Crippen LogP contribution < -0.4 is 5.56 Å². The fourth-order valence-corrected chi connectivity index (χ4v) is 4.08. The molecule has 3 aromatic heterocycles. The van der Waals surface area contributed by atoms with Crippen LogP contribution in [0.3, 0.4) is 0 Å². The Bertz CT molecular complexity index is 1300. The van der Waals surface area contributed by atoms with Gasteiger partial charge in [0.25, 0.3) is 5.56 Å². The van der Waals surface area contributed by atoms with E-state index in [0.717, 1.165) is 12.8 Å². The lowest BCUT2D eigenvalue weighted by atomic mass is 10.2. The molecule has 2 atom stereocenters. The largest absolute Gasteiger partial charge is 0.384 e. The van der Waals surface area contributed by atoms with Crippen molar-refractivity contribution in [2.45, 2.75) is 38.3 Å². The normalized spacial score (nSPS) is 17.7. The highest BCUT2D eigenvalue weighted by molar-refractivity contribution is 5.83. The number of hydrogen-bond acceptors (Lipinski definition) is 7. The molecule has 1 aromatic carbocycles. The van der Waals surface area contributed by atoms with Crippen LogP contribution in [-0.2, 0) is 16.0 Å². The Hall–Kier alpha value is -3.11.